The molecule has 0 fully saturated rings. The van der Waals surface area contributed by atoms with E-state index in [1.165, 1.54) is 38.5 Å². The van der Waals surface area contributed by atoms with Gasteiger partial charge in [0.2, 0.25) is 0 Å². The van der Waals surface area contributed by atoms with Crippen LogP contribution < -0.4 is 0 Å². The zero-order valence-corrected chi connectivity index (χ0v) is 17.7. The summed E-state index contributed by atoms with van der Waals surface area (Å²) in [5.41, 5.74) is 1.76. The van der Waals surface area contributed by atoms with E-state index in [0.717, 1.165) is 36.8 Å². The van der Waals surface area contributed by atoms with Gasteiger partial charge < -0.3 is 9.84 Å². The highest BCUT2D eigenvalue weighted by Gasteiger charge is 2.24. The van der Waals surface area contributed by atoms with E-state index in [4.69, 9.17) is 4.74 Å². The number of aliphatic hydroxyl groups is 1. The van der Waals surface area contributed by atoms with Gasteiger partial charge in [-0.25, -0.2) is 0 Å². The average molecular weight is 377 g/mol. The highest BCUT2D eigenvalue weighted by atomic mass is 16.5. The molecule has 1 N–H and O–H groups in total. The minimum Gasteiger partial charge on any atom is -0.465 e. The first kappa shape index (κ1) is 23.7. The molecule has 0 aromatic heterocycles. The molecule has 0 spiro atoms. The standard InChI is InChI=1S/C24H40O3/c1-4-5-6-7-8-9-10-11-16-23(24(26)27-18-17-20(2)3)22-15-13-12-14-21(22)19-25/h12-15,20,23,25H,4-11,16-19H2,1-3H3. The van der Waals surface area contributed by atoms with Gasteiger partial charge in [-0.3, -0.25) is 4.79 Å². The predicted molar refractivity (Wildman–Crippen MR) is 113 cm³/mol. The number of ether oxygens (including phenoxy) is 1. The van der Waals surface area contributed by atoms with E-state index in [1.54, 1.807) is 0 Å². The van der Waals surface area contributed by atoms with E-state index in [2.05, 4.69) is 20.8 Å². The Labute approximate surface area is 166 Å². The first-order chi connectivity index (χ1) is 13.1. The second-order valence-electron chi connectivity index (χ2n) is 8.02. The molecule has 0 radical (unpaired) electrons. The molecule has 3 nitrogen and oxygen atoms in total. The van der Waals surface area contributed by atoms with Crippen LogP contribution >= 0.6 is 0 Å². The highest BCUT2D eigenvalue weighted by molar-refractivity contribution is 5.78. The minimum atomic E-state index is -0.263. The van der Waals surface area contributed by atoms with Crippen molar-refractivity contribution < 1.29 is 14.6 Å². The van der Waals surface area contributed by atoms with Crippen molar-refractivity contribution in [3.05, 3.63) is 35.4 Å². The number of carbonyl (C=O) groups is 1. The van der Waals surface area contributed by atoms with Crippen molar-refractivity contribution in [2.45, 2.75) is 97.5 Å². The van der Waals surface area contributed by atoms with E-state index < -0.39 is 0 Å². The second-order valence-corrected chi connectivity index (χ2v) is 8.02. The maximum Gasteiger partial charge on any atom is 0.313 e. The normalized spacial score (nSPS) is 12.3. The lowest BCUT2D eigenvalue weighted by molar-refractivity contribution is -0.146. The SMILES string of the molecule is CCCCCCCCCCC(C(=O)OCCC(C)C)c1ccccc1CO. The number of aliphatic hydroxyl groups excluding tert-OH is 1. The van der Waals surface area contributed by atoms with Gasteiger partial charge in [-0.1, -0.05) is 96.4 Å². The van der Waals surface area contributed by atoms with Crippen LogP contribution in [0.4, 0.5) is 0 Å². The van der Waals surface area contributed by atoms with Crippen molar-refractivity contribution in [3.8, 4) is 0 Å². The number of esters is 1. The van der Waals surface area contributed by atoms with Crippen LogP contribution in [0.5, 0.6) is 0 Å². The Morgan fingerprint density at radius 3 is 2.22 bits per heavy atom. The first-order valence-corrected chi connectivity index (χ1v) is 10.9. The van der Waals surface area contributed by atoms with Gasteiger partial charge in [-0.2, -0.15) is 0 Å². The van der Waals surface area contributed by atoms with E-state index in [-0.39, 0.29) is 18.5 Å². The lowest BCUT2D eigenvalue weighted by atomic mass is 9.89. The largest absolute Gasteiger partial charge is 0.465 e. The molecule has 0 aliphatic carbocycles. The number of hydrogen-bond acceptors (Lipinski definition) is 3. The fraction of sp³-hybridized carbons (Fsp3) is 0.708. The number of benzene rings is 1. The second kappa shape index (κ2) is 14.7. The molecular formula is C24H40O3. The Hall–Kier alpha value is -1.35. The van der Waals surface area contributed by atoms with Gasteiger partial charge in [0.05, 0.1) is 19.1 Å². The van der Waals surface area contributed by atoms with Crippen LogP contribution in [0.15, 0.2) is 24.3 Å². The Kier molecular flexibility index (Phi) is 12.9. The Bertz CT molecular complexity index is 510. The molecule has 154 valence electrons. The van der Waals surface area contributed by atoms with Gasteiger partial charge in [-0.15, -0.1) is 0 Å². The monoisotopic (exact) mass is 376 g/mol. The van der Waals surface area contributed by atoms with Crippen molar-refractivity contribution in [1.82, 2.24) is 0 Å². The molecule has 0 aliphatic rings. The van der Waals surface area contributed by atoms with Gasteiger partial charge in [0, 0.05) is 0 Å². The highest BCUT2D eigenvalue weighted by Crippen LogP contribution is 2.28. The van der Waals surface area contributed by atoms with Crippen LogP contribution in [-0.2, 0) is 16.1 Å². The van der Waals surface area contributed by atoms with Crippen LogP contribution in [0.1, 0.15) is 102 Å². The smallest absolute Gasteiger partial charge is 0.313 e. The summed E-state index contributed by atoms with van der Waals surface area (Å²) in [7, 11) is 0. The van der Waals surface area contributed by atoms with Gasteiger partial charge >= 0.3 is 5.97 Å². The maximum atomic E-state index is 12.7. The van der Waals surface area contributed by atoms with Crippen LogP contribution in [0.25, 0.3) is 0 Å². The fourth-order valence-corrected chi connectivity index (χ4v) is 3.40. The Morgan fingerprint density at radius 2 is 1.59 bits per heavy atom. The van der Waals surface area contributed by atoms with Crippen LogP contribution in [-0.4, -0.2) is 17.7 Å². The summed E-state index contributed by atoms with van der Waals surface area (Å²) in [6, 6.07) is 7.71. The Balaban J connectivity index is 2.56. The number of unbranched alkanes of at least 4 members (excludes halogenated alkanes) is 7. The molecular weight excluding hydrogens is 336 g/mol. The molecule has 0 heterocycles. The molecule has 1 rings (SSSR count). The zero-order valence-electron chi connectivity index (χ0n) is 17.7. The summed E-state index contributed by atoms with van der Waals surface area (Å²) in [5.74, 6) is 0.119. The lowest BCUT2D eigenvalue weighted by Gasteiger charge is -2.19. The third-order valence-corrected chi connectivity index (χ3v) is 5.17. The molecule has 1 unspecified atom stereocenters. The fourth-order valence-electron chi connectivity index (χ4n) is 3.40. The van der Waals surface area contributed by atoms with Gasteiger partial charge in [0.15, 0.2) is 0 Å². The third-order valence-electron chi connectivity index (χ3n) is 5.17. The summed E-state index contributed by atoms with van der Waals surface area (Å²) in [4.78, 5) is 12.7. The van der Waals surface area contributed by atoms with Crippen LogP contribution in [0, 0.1) is 5.92 Å². The summed E-state index contributed by atoms with van der Waals surface area (Å²) in [5, 5.41) is 9.66. The average Bonchev–Trinajstić information content (AvgIpc) is 2.66. The number of hydrogen-bond donors (Lipinski definition) is 1. The number of rotatable bonds is 15. The quantitative estimate of drug-likeness (QED) is 0.285. The molecule has 3 heteroatoms. The van der Waals surface area contributed by atoms with Gasteiger partial charge in [0.25, 0.3) is 0 Å². The molecule has 1 aromatic carbocycles. The van der Waals surface area contributed by atoms with Crippen LogP contribution in [0.2, 0.25) is 0 Å². The third kappa shape index (κ3) is 9.95. The van der Waals surface area contributed by atoms with Crippen LogP contribution in [0.3, 0.4) is 0 Å². The summed E-state index contributed by atoms with van der Waals surface area (Å²) in [6.45, 7) is 6.94. The van der Waals surface area contributed by atoms with Gasteiger partial charge in [0.1, 0.15) is 0 Å². The minimum absolute atomic E-state index is 0.0383. The summed E-state index contributed by atoms with van der Waals surface area (Å²) in [6.07, 6.45) is 11.7. The molecule has 27 heavy (non-hydrogen) atoms. The lowest BCUT2D eigenvalue weighted by Crippen LogP contribution is -2.19. The molecule has 1 atom stereocenters. The number of carbonyl (C=O) groups excluding carboxylic acids is 1. The van der Waals surface area contributed by atoms with Crippen molar-refractivity contribution in [2.75, 3.05) is 6.61 Å². The molecule has 0 bridgehead atoms. The van der Waals surface area contributed by atoms with E-state index in [1.807, 2.05) is 24.3 Å². The zero-order chi connectivity index (χ0) is 19.9. The summed E-state index contributed by atoms with van der Waals surface area (Å²) < 4.78 is 5.57. The predicted octanol–water partition coefficient (Wildman–Crippen LogP) is 6.38. The van der Waals surface area contributed by atoms with E-state index in [0.29, 0.717) is 12.5 Å². The van der Waals surface area contributed by atoms with E-state index in [9.17, 15) is 9.90 Å². The molecule has 0 amide bonds. The molecule has 0 aliphatic heterocycles. The van der Waals surface area contributed by atoms with Crippen molar-refractivity contribution in [2.24, 2.45) is 5.92 Å². The van der Waals surface area contributed by atoms with Crippen molar-refractivity contribution >= 4 is 5.97 Å². The maximum absolute atomic E-state index is 12.7. The Morgan fingerprint density at radius 1 is 0.963 bits per heavy atom. The molecule has 1 aromatic rings. The van der Waals surface area contributed by atoms with E-state index >= 15 is 0 Å². The first-order valence-electron chi connectivity index (χ1n) is 10.9. The topological polar surface area (TPSA) is 46.5 Å². The van der Waals surface area contributed by atoms with Gasteiger partial charge in [-0.05, 0) is 29.9 Å². The van der Waals surface area contributed by atoms with Crippen molar-refractivity contribution in [3.63, 3.8) is 0 Å². The molecule has 0 saturated heterocycles. The summed E-state index contributed by atoms with van der Waals surface area (Å²) >= 11 is 0. The van der Waals surface area contributed by atoms with Crippen molar-refractivity contribution in [1.29, 1.82) is 0 Å². The molecule has 0 saturated carbocycles.